The second kappa shape index (κ2) is 4.64. The second-order valence-electron chi connectivity index (χ2n) is 4.32. The number of aromatic carboxylic acids is 1. The normalized spacial score (nSPS) is 10.6. The van der Waals surface area contributed by atoms with Gasteiger partial charge in [0.2, 0.25) is 0 Å². The van der Waals surface area contributed by atoms with Crippen molar-refractivity contribution in [3.05, 3.63) is 41.2 Å². The third-order valence-corrected chi connectivity index (χ3v) is 3.10. The molecule has 18 heavy (non-hydrogen) atoms. The van der Waals surface area contributed by atoms with Crippen LogP contribution in [-0.4, -0.2) is 20.6 Å². The van der Waals surface area contributed by atoms with Crippen LogP contribution in [0, 0.1) is 13.8 Å². The molecule has 0 spiro atoms. The maximum atomic E-state index is 11.2. The topological polar surface area (TPSA) is 55.1 Å². The number of aryl methyl sites for hydroxylation is 3. The number of rotatable bonds is 3. The van der Waals surface area contributed by atoms with E-state index in [2.05, 4.69) is 4.98 Å². The van der Waals surface area contributed by atoms with Gasteiger partial charge in [0.05, 0.1) is 5.56 Å². The molecule has 94 valence electrons. The van der Waals surface area contributed by atoms with Gasteiger partial charge in [0.1, 0.15) is 5.82 Å². The highest BCUT2D eigenvalue weighted by Crippen LogP contribution is 2.25. The van der Waals surface area contributed by atoms with Crippen molar-refractivity contribution in [1.29, 1.82) is 0 Å². The van der Waals surface area contributed by atoms with Gasteiger partial charge in [-0.3, -0.25) is 0 Å². The van der Waals surface area contributed by atoms with Crippen LogP contribution in [0.15, 0.2) is 24.5 Å². The number of carboxylic acid groups (broad SMARTS) is 1. The van der Waals surface area contributed by atoms with E-state index < -0.39 is 5.97 Å². The molecule has 2 aromatic rings. The summed E-state index contributed by atoms with van der Waals surface area (Å²) in [6, 6.07) is 3.61. The summed E-state index contributed by atoms with van der Waals surface area (Å²) in [5.41, 5.74) is 3.03. The molecule has 1 aromatic heterocycles. The molecule has 1 heterocycles. The van der Waals surface area contributed by atoms with Crippen LogP contribution in [0.4, 0.5) is 0 Å². The van der Waals surface area contributed by atoms with E-state index in [0.717, 1.165) is 29.1 Å². The Morgan fingerprint density at radius 2 is 2.06 bits per heavy atom. The minimum absolute atomic E-state index is 0.334. The molecule has 4 heteroatoms. The molecule has 0 saturated heterocycles. The van der Waals surface area contributed by atoms with Gasteiger partial charge in [-0.2, -0.15) is 0 Å². The summed E-state index contributed by atoms with van der Waals surface area (Å²) in [5, 5.41) is 9.18. The molecule has 0 saturated carbocycles. The van der Waals surface area contributed by atoms with E-state index >= 15 is 0 Å². The molecule has 1 N–H and O–H groups in total. The standard InChI is InChI=1S/C14H16N2O2/c1-4-16-6-5-15-13(16)11-8-12(14(17)18)10(3)7-9(11)2/h5-8H,4H2,1-3H3,(H,17,18). The van der Waals surface area contributed by atoms with Crippen molar-refractivity contribution >= 4 is 5.97 Å². The number of aromatic nitrogens is 2. The van der Waals surface area contributed by atoms with Crippen molar-refractivity contribution in [2.45, 2.75) is 27.3 Å². The van der Waals surface area contributed by atoms with Crippen LogP contribution in [0.5, 0.6) is 0 Å². The molecule has 0 aliphatic rings. The van der Waals surface area contributed by atoms with E-state index in [4.69, 9.17) is 0 Å². The first-order chi connectivity index (χ1) is 8.54. The van der Waals surface area contributed by atoms with Gasteiger partial charge in [-0.1, -0.05) is 6.07 Å². The van der Waals surface area contributed by atoms with Gasteiger partial charge in [-0.15, -0.1) is 0 Å². The van der Waals surface area contributed by atoms with Crippen LogP contribution in [0.25, 0.3) is 11.4 Å². The molecule has 0 unspecified atom stereocenters. The molecule has 0 fully saturated rings. The highest BCUT2D eigenvalue weighted by molar-refractivity contribution is 5.91. The first kappa shape index (κ1) is 12.4. The predicted molar refractivity (Wildman–Crippen MR) is 69.8 cm³/mol. The smallest absolute Gasteiger partial charge is 0.335 e. The Hall–Kier alpha value is -2.10. The number of nitrogens with zero attached hydrogens (tertiary/aromatic N) is 2. The lowest BCUT2D eigenvalue weighted by atomic mass is 9.99. The van der Waals surface area contributed by atoms with Crippen LogP contribution in [0.1, 0.15) is 28.4 Å². The van der Waals surface area contributed by atoms with E-state index in [1.165, 1.54) is 0 Å². The average Bonchev–Trinajstić information content (AvgIpc) is 2.76. The Kier molecular flexibility index (Phi) is 3.19. The SMILES string of the molecule is CCn1ccnc1-c1cc(C(=O)O)c(C)cc1C. The van der Waals surface area contributed by atoms with Gasteiger partial charge in [0.15, 0.2) is 0 Å². The van der Waals surface area contributed by atoms with Gasteiger partial charge < -0.3 is 9.67 Å². The molecule has 0 amide bonds. The summed E-state index contributed by atoms with van der Waals surface area (Å²) >= 11 is 0. The third-order valence-electron chi connectivity index (χ3n) is 3.10. The zero-order valence-corrected chi connectivity index (χ0v) is 10.8. The monoisotopic (exact) mass is 244 g/mol. The first-order valence-corrected chi connectivity index (χ1v) is 5.90. The van der Waals surface area contributed by atoms with Crippen molar-refractivity contribution < 1.29 is 9.90 Å². The van der Waals surface area contributed by atoms with Gasteiger partial charge >= 0.3 is 5.97 Å². The fraction of sp³-hybridized carbons (Fsp3) is 0.286. The largest absolute Gasteiger partial charge is 0.478 e. The number of carboxylic acids is 1. The zero-order chi connectivity index (χ0) is 13.3. The summed E-state index contributed by atoms with van der Waals surface area (Å²) < 4.78 is 2.00. The van der Waals surface area contributed by atoms with Crippen molar-refractivity contribution in [2.24, 2.45) is 0 Å². The van der Waals surface area contributed by atoms with E-state index in [9.17, 15) is 9.90 Å². The van der Waals surface area contributed by atoms with Crippen molar-refractivity contribution in [1.82, 2.24) is 9.55 Å². The molecule has 0 aliphatic carbocycles. The number of hydrogen-bond donors (Lipinski definition) is 1. The molecule has 0 bridgehead atoms. The van der Waals surface area contributed by atoms with E-state index in [1.807, 2.05) is 37.6 Å². The molecule has 4 nitrogen and oxygen atoms in total. The minimum Gasteiger partial charge on any atom is -0.478 e. The lowest BCUT2D eigenvalue weighted by Crippen LogP contribution is -2.04. The summed E-state index contributed by atoms with van der Waals surface area (Å²) in [7, 11) is 0. The number of carbonyl (C=O) groups is 1. The van der Waals surface area contributed by atoms with Gasteiger partial charge in [0.25, 0.3) is 0 Å². The van der Waals surface area contributed by atoms with Crippen LogP contribution in [0.2, 0.25) is 0 Å². The van der Waals surface area contributed by atoms with E-state index in [0.29, 0.717) is 5.56 Å². The third kappa shape index (κ3) is 2.01. The van der Waals surface area contributed by atoms with Crippen LogP contribution in [0.3, 0.4) is 0 Å². The second-order valence-corrected chi connectivity index (χ2v) is 4.32. The highest BCUT2D eigenvalue weighted by atomic mass is 16.4. The fourth-order valence-corrected chi connectivity index (χ4v) is 2.13. The van der Waals surface area contributed by atoms with E-state index in [-0.39, 0.29) is 0 Å². The molecule has 0 aliphatic heterocycles. The van der Waals surface area contributed by atoms with Gasteiger partial charge in [-0.25, -0.2) is 9.78 Å². The Balaban J connectivity index is 2.64. The fourth-order valence-electron chi connectivity index (χ4n) is 2.13. The lowest BCUT2D eigenvalue weighted by molar-refractivity contribution is 0.0696. The molecule has 0 atom stereocenters. The first-order valence-electron chi connectivity index (χ1n) is 5.90. The van der Waals surface area contributed by atoms with E-state index in [1.54, 1.807) is 12.3 Å². The van der Waals surface area contributed by atoms with Crippen LogP contribution < -0.4 is 0 Å². The lowest BCUT2D eigenvalue weighted by Gasteiger charge is -2.11. The average molecular weight is 244 g/mol. The maximum Gasteiger partial charge on any atom is 0.335 e. The highest BCUT2D eigenvalue weighted by Gasteiger charge is 2.14. The van der Waals surface area contributed by atoms with Crippen molar-refractivity contribution in [2.75, 3.05) is 0 Å². The molecule has 1 aromatic carbocycles. The number of benzene rings is 1. The minimum atomic E-state index is -0.900. The zero-order valence-electron chi connectivity index (χ0n) is 10.8. The molecular weight excluding hydrogens is 228 g/mol. The predicted octanol–water partition coefficient (Wildman–Crippen LogP) is 2.89. The van der Waals surface area contributed by atoms with Gasteiger partial charge in [0, 0.05) is 24.5 Å². The van der Waals surface area contributed by atoms with Crippen molar-refractivity contribution in [3.8, 4) is 11.4 Å². The number of hydrogen-bond acceptors (Lipinski definition) is 2. The number of imidazole rings is 1. The Morgan fingerprint density at radius 3 is 2.67 bits per heavy atom. The molecule has 0 radical (unpaired) electrons. The Morgan fingerprint density at radius 1 is 1.33 bits per heavy atom. The van der Waals surface area contributed by atoms with Crippen LogP contribution in [-0.2, 0) is 6.54 Å². The summed E-state index contributed by atoms with van der Waals surface area (Å²) in [6.07, 6.45) is 3.63. The van der Waals surface area contributed by atoms with Crippen molar-refractivity contribution in [3.63, 3.8) is 0 Å². The quantitative estimate of drug-likeness (QED) is 0.903. The summed E-state index contributed by atoms with van der Waals surface area (Å²) in [6.45, 7) is 6.63. The summed E-state index contributed by atoms with van der Waals surface area (Å²) in [4.78, 5) is 15.5. The maximum absolute atomic E-state index is 11.2. The summed E-state index contributed by atoms with van der Waals surface area (Å²) in [5.74, 6) is -0.0825. The molecular formula is C14H16N2O2. The van der Waals surface area contributed by atoms with Gasteiger partial charge in [-0.05, 0) is 38.0 Å². The Bertz CT molecular complexity index is 600. The van der Waals surface area contributed by atoms with Crippen LogP contribution >= 0.6 is 0 Å². The Labute approximate surface area is 106 Å². The molecule has 2 rings (SSSR count).